The van der Waals surface area contributed by atoms with Gasteiger partial charge < -0.3 is 19.9 Å². The number of aliphatic hydroxyl groups is 1. The molecule has 0 spiro atoms. The van der Waals surface area contributed by atoms with Gasteiger partial charge in [-0.1, -0.05) is 0 Å². The summed E-state index contributed by atoms with van der Waals surface area (Å²) in [6, 6.07) is 0.0133. The molecule has 1 aliphatic heterocycles. The Labute approximate surface area is 96.1 Å². The van der Waals surface area contributed by atoms with Crippen LogP contribution in [0.25, 0.3) is 0 Å². The average Bonchev–Trinajstić information content (AvgIpc) is 2.27. The standard InChI is InChI=1S/C11H21NO4/c1-9(7-10(13)15-2)12-8-11(14)3-5-16-6-4-11/h9,12,14H,3-8H2,1-2H3. The maximum Gasteiger partial charge on any atom is 0.307 e. The average molecular weight is 231 g/mol. The van der Waals surface area contributed by atoms with E-state index in [1.54, 1.807) is 0 Å². The molecule has 2 N–H and O–H groups in total. The van der Waals surface area contributed by atoms with Gasteiger partial charge in [0.15, 0.2) is 0 Å². The highest BCUT2D eigenvalue weighted by Crippen LogP contribution is 2.19. The highest BCUT2D eigenvalue weighted by molar-refractivity contribution is 5.69. The summed E-state index contributed by atoms with van der Waals surface area (Å²) in [7, 11) is 1.38. The summed E-state index contributed by atoms with van der Waals surface area (Å²) in [5, 5.41) is 13.3. The molecule has 5 nitrogen and oxygen atoms in total. The van der Waals surface area contributed by atoms with E-state index in [1.165, 1.54) is 7.11 Å². The second kappa shape index (κ2) is 6.18. The van der Waals surface area contributed by atoms with Crippen molar-refractivity contribution in [1.82, 2.24) is 5.32 Å². The Balaban J connectivity index is 2.24. The van der Waals surface area contributed by atoms with Crippen molar-refractivity contribution >= 4 is 5.97 Å². The molecule has 1 saturated heterocycles. The van der Waals surface area contributed by atoms with Crippen molar-refractivity contribution < 1.29 is 19.4 Å². The third kappa shape index (κ3) is 4.47. The van der Waals surface area contributed by atoms with E-state index in [0.29, 0.717) is 39.0 Å². The van der Waals surface area contributed by atoms with Gasteiger partial charge in [0.25, 0.3) is 0 Å². The highest BCUT2D eigenvalue weighted by atomic mass is 16.5. The van der Waals surface area contributed by atoms with E-state index >= 15 is 0 Å². The van der Waals surface area contributed by atoms with Crippen LogP contribution in [-0.4, -0.2) is 49.6 Å². The number of esters is 1. The van der Waals surface area contributed by atoms with Gasteiger partial charge in [0.2, 0.25) is 0 Å². The Kier molecular flexibility index (Phi) is 5.18. The summed E-state index contributed by atoms with van der Waals surface area (Å²) in [6.07, 6.45) is 1.61. The normalized spacial score (nSPS) is 21.4. The van der Waals surface area contributed by atoms with Crippen LogP contribution in [0.5, 0.6) is 0 Å². The molecule has 0 aromatic heterocycles. The molecule has 0 aliphatic carbocycles. The van der Waals surface area contributed by atoms with Gasteiger partial charge in [0.1, 0.15) is 0 Å². The molecule has 0 aromatic carbocycles. The molecule has 94 valence electrons. The first-order valence-electron chi connectivity index (χ1n) is 5.66. The monoisotopic (exact) mass is 231 g/mol. The Hall–Kier alpha value is -0.650. The first-order chi connectivity index (χ1) is 7.56. The Morgan fingerprint density at radius 2 is 2.19 bits per heavy atom. The van der Waals surface area contributed by atoms with E-state index < -0.39 is 5.60 Å². The van der Waals surface area contributed by atoms with E-state index in [0.717, 1.165) is 0 Å². The topological polar surface area (TPSA) is 67.8 Å². The predicted molar refractivity (Wildman–Crippen MR) is 59.1 cm³/mol. The van der Waals surface area contributed by atoms with Crippen LogP contribution in [0.1, 0.15) is 26.2 Å². The van der Waals surface area contributed by atoms with E-state index in [4.69, 9.17) is 4.74 Å². The van der Waals surface area contributed by atoms with Crippen molar-refractivity contribution in [2.75, 3.05) is 26.9 Å². The molecule has 1 unspecified atom stereocenters. The second-order valence-electron chi connectivity index (χ2n) is 4.40. The zero-order chi connectivity index (χ0) is 12.0. The van der Waals surface area contributed by atoms with Crippen LogP contribution < -0.4 is 5.32 Å². The molecule has 0 radical (unpaired) electrons. The third-order valence-corrected chi connectivity index (χ3v) is 2.90. The summed E-state index contributed by atoms with van der Waals surface area (Å²) in [6.45, 7) is 3.60. The molecule has 1 atom stereocenters. The minimum atomic E-state index is -0.692. The zero-order valence-corrected chi connectivity index (χ0v) is 9.99. The summed E-state index contributed by atoms with van der Waals surface area (Å²) in [5.74, 6) is -0.237. The lowest BCUT2D eigenvalue weighted by molar-refractivity contribution is -0.141. The molecule has 0 bridgehead atoms. The smallest absolute Gasteiger partial charge is 0.307 e. The third-order valence-electron chi connectivity index (χ3n) is 2.90. The van der Waals surface area contributed by atoms with Crippen molar-refractivity contribution in [2.45, 2.75) is 37.8 Å². The Morgan fingerprint density at radius 1 is 1.56 bits per heavy atom. The van der Waals surface area contributed by atoms with Gasteiger partial charge in [-0.05, 0) is 6.92 Å². The lowest BCUT2D eigenvalue weighted by Gasteiger charge is -2.33. The summed E-state index contributed by atoms with van der Waals surface area (Å²) < 4.78 is 9.77. The summed E-state index contributed by atoms with van der Waals surface area (Å²) in [5.41, 5.74) is -0.692. The molecule has 1 rings (SSSR count). The second-order valence-corrected chi connectivity index (χ2v) is 4.40. The van der Waals surface area contributed by atoms with Crippen LogP contribution >= 0.6 is 0 Å². The fourth-order valence-electron chi connectivity index (χ4n) is 1.70. The number of nitrogens with one attached hydrogen (secondary N) is 1. The Morgan fingerprint density at radius 3 is 2.75 bits per heavy atom. The zero-order valence-electron chi connectivity index (χ0n) is 9.99. The van der Waals surface area contributed by atoms with Crippen molar-refractivity contribution in [2.24, 2.45) is 0 Å². The van der Waals surface area contributed by atoms with E-state index in [1.807, 2.05) is 6.92 Å². The number of carbonyl (C=O) groups excluding carboxylic acids is 1. The predicted octanol–water partition coefficient (Wildman–Crippen LogP) is 0.0691. The van der Waals surface area contributed by atoms with Gasteiger partial charge in [-0.25, -0.2) is 0 Å². The minimum absolute atomic E-state index is 0.0133. The molecule has 1 aliphatic rings. The number of hydrogen-bond acceptors (Lipinski definition) is 5. The largest absolute Gasteiger partial charge is 0.469 e. The van der Waals surface area contributed by atoms with Gasteiger partial charge in [0.05, 0.1) is 19.1 Å². The fraction of sp³-hybridized carbons (Fsp3) is 0.909. The van der Waals surface area contributed by atoms with Crippen LogP contribution in [0.4, 0.5) is 0 Å². The quantitative estimate of drug-likeness (QED) is 0.655. The lowest BCUT2D eigenvalue weighted by atomic mass is 9.94. The van der Waals surface area contributed by atoms with Crippen LogP contribution in [-0.2, 0) is 14.3 Å². The molecule has 0 amide bonds. The number of rotatable bonds is 5. The van der Waals surface area contributed by atoms with Crippen LogP contribution in [0.15, 0.2) is 0 Å². The molecule has 1 fully saturated rings. The summed E-state index contributed by atoms with van der Waals surface area (Å²) in [4.78, 5) is 11.0. The SMILES string of the molecule is COC(=O)CC(C)NCC1(O)CCOCC1. The maximum atomic E-state index is 11.0. The highest BCUT2D eigenvalue weighted by Gasteiger charge is 2.29. The molecule has 5 heteroatoms. The number of carbonyl (C=O) groups is 1. The van der Waals surface area contributed by atoms with Crippen LogP contribution in [0.2, 0.25) is 0 Å². The van der Waals surface area contributed by atoms with Crippen LogP contribution in [0, 0.1) is 0 Å². The van der Waals surface area contributed by atoms with Crippen molar-refractivity contribution in [3.8, 4) is 0 Å². The van der Waals surface area contributed by atoms with E-state index in [-0.39, 0.29) is 12.0 Å². The minimum Gasteiger partial charge on any atom is -0.469 e. The Bertz CT molecular complexity index is 226. The molecule has 1 heterocycles. The van der Waals surface area contributed by atoms with Crippen molar-refractivity contribution in [3.63, 3.8) is 0 Å². The maximum absolute atomic E-state index is 11.0. The molecule has 0 saturated carbocycles. The van der Waals surface area contributed by atoms with E-state index in [9.17, 15) is 9.90 Å². The number of methoxy groups -OCH3 is 1. The van der Waals surface area contributed by atoms with Crippen molar-refractivity contribution in [3.05, 3.63) is 0 Å². The number of hydrogen-bond donors (Lipinski definition) is 2. The van der Waals surface area contributed by atoms with Gasteiger partial charge in [0, 0.05) is 38.6 Å². The van der Waals surface area contributed by atoms with Crippen LogP contribution in [0.3, 0.4) is 0 Å². The summed E-state index contributed by atoms with van der Waals surface area (Å²) >= 11 is 0. The number of ether oxygens (including phenoxy) is 2. The molecular formula is C11H21NO4. The van der Waals surface area contributed by atoms with Gasteiger partial charge in [-0.2, -0.15) is 0 Å². The first kappa shape index (κ1) is 13.4. The van der Waals surface area contributed by atoms with Gasteiger partial charge >= 0.3 is 5.97 Å². The van der Waals surface area contributed by atoms with Gasteiger partial charge in [-0.15, -0.1) is 0 Å². The van der Waals surface area contributed by atoms with E-state index in [2.05, 4.69) is 10.1 Å². The molecular weight excluding hydrogens is 210 g/mol. The molecule has 16 heavy (non-hydrogen) atoms. The fourth-order valence-corrected chi connectivity index (χ4v) is 1.70. The molecule has 0 aromatic rings. The van der Waals surface area contributed by atoms with Gasteiger partial charge in [-0.3, -0.25) is 4.79 Å². The first-order valence-corrected chi connectivity index (χ1v) is 5.66. The van der Waals surface area contributed by atoms with Crippen molar-refractivity contribution in [1.29, 1.82) is 0 Å². The lowest BCUT2D eigenvalue weighted by Crippen LogP contribution is -2.47.